The van der Waals surface area contributed by atoms with Crippen molar-refractivity contribution in [1.82, 2.24) is 19.4 Å². The van der Waals surface area contributed by atoms with Crippen LogP contribution < -0.4 is 10.5 Å². The van der Waals surface area contributed by atoms with E-state index in [0.717, 1.165) is 25.3 Å². The summed E-state index contributed by atoms with van der Waals surface area (Å²) in [6.45, 7) is 7.72. The number of nitrogens with two attached hydrogens (primary N) is 1. The molecule has 0 saturated carbocycles. The Hall–Kier alpha value is -2.43. The molecule has 1 saturated heterocycles. The highest BCUT2D eigenvalue weighted by atomic mass is 19.4. The number of anilines is 1. The molecule has 1 atom stereocenters. The maximum absolute atomic E-state index is 12.3. The molecule has 31 heavy (non-hydrogen) atoms. The Morgan fingerprint density at radius 3 is 2.45 bits per heavy atom. The van der Waals surface area contributed by atoms with Gasteiger partial charge in [-0.05, 0) is 24.9 Å². The molecule has 1 aliphatic heterocycles. The van der Waals surface area contributed by atoms with Gasteiger partial charge in [-0.25, -0.2) is 18.7 Å². The summed E-state index contributed by atoms with van der Waals surface area (Å²) in [5.41, 5.74) is 6.32. The van der Waals surface area contributed by atoms with E-state index in [0.29, 0.717) is 17.2 Å². The molecule has 6 nitrogen and oxygen atoms in total. The van der Waals surface area contributed by atoms with Gasteiger partial charge in [0.15, 0.2) is 11.6 Å². The maximum atomic E-state index is 12.3. The number of aryl methyl sites for hydroxylation is 1. The number of imidazole rings is 1. The minimum absolute atomic E-state index is 0.0374. The van der Waals surface area contributed by atoms with Crippen molar-refractivity contribution in [2.45, 2.75) is 45.9 Å². The summed E-state index contributed by atoms with van der Waals surface area (Å²) >= 11 is 0. The number of aromatic nitrogens is 3. The number of likely N-dealkylation sites (tertiary alicyclic amines) is 1. The summed E-state index contributed by atoms with van der Waals surface area (Å²) in [5.74, 6) is 0.767. The van der Waals surface area contributed by atoms with Gasteiger partial charge in [-0.15, -0.1) is 13.2 Å². The third-order valence-electron chi connectivity index (χ3n) is 4.74. The first-order valence-electron chi connectivity index (χ1n) is 9.91. The number of nitrogens with zero attached hydrogens (tertiary/aromatic N) is 4. The number of halogens is 5. The quantitative estimate of drug-likeness (QED) is 0.672. The van der Waals surface area contributed by atoms with Crippen LogP contribution in [0.25, 0.3) is 11.3 Å². The predicted molar refractivity (Wildman–Crippen MR) is 108 cm³/mol. The number of alkyl halides is 5. The van der Waals surface area contributed by atoms with Crippen molar-refractivity contribution in [2.24, 2.45) is 13.0 Å². The smallest absolute Gasteiger partial charge is 0.402 e. The van der Waals surface area contributed by atoms with Crippen LogP contribution in [0.2, 0.25) is 0 Å². The van der Waals surface area contributed by atoms with Gasteiger partial charge in [0.25, 0.3) is 6.43 Å². The van der Waals surface area contributed by atoms with Crippen LogP contribution in [0, 0.1) is 5.92 Å². The topological polar surface area (TPSA) is 69.2 Å². The first-order valence-corrected chi connectivity index (χ1v) is 9.91. The second-order valence-electron chi connectivity index (χ2n) is 7.95. The van der Waals surface area contributed by atoms with Crippen LogP contribution in [0.1, 0.15) is 38.9 Å². The maximum Gasteiger partial charge on any atom is 0.573 e. The van der Waals surface area contributed by atoms with E-state index in [-0.39, 0.29) is 18.3 Å². The van der Waals surface area contributed by atoms with Crippen LogP contribution in [0.4, 0.5) is 27.8 Å². The molecule has 0 radical (unpaired) electrons. The fourth-order valence-electron chi connectivity index (χ4n) is 3.35. The number of nitrogen functional groups attached to an aromatic ring is 1. The fraction of sp³-hybridized carbons (Fsp3) is 0.600. The van der Waals surface area contributed by atoms with Crippen LogP contribution in [0.15, 0.2) is 18.5 Å². The number of pyridine rings is 1. The monoisotopic (exact) mass is 449 g/mol. The lowest BCUT2D eigenvalue weighted by Gasteiger charge is -2.13. The van der Waals surface area contributed by atoms with E-state index in [2.05, 4.69) is 21.6 Å². The van der Waals surface area contributed by atoms with Gasteiger partial charge in [-0.3, -0.25) is 4.90 Å². The molecule has 1 fully saturated rings. The van der Waals surface area contributed by atoms with Gasteiger partial charge >= 0.3 is 6.36 Å². The van der Waals surface area contributed by atoms with Crippen LogP contribution in [0.5, 0.6) is 5.75 Å². The minimum atomic E-state index is -4.82. The molecule has 3 rings (SSSR count). The highest BCUT2D eigenvalue weighted by molar-refractivity contribution is 5.63. The van der Waals surface area contributed by atoms with Gasteiger partial charge in [0, 0.05) is 37.5 Å². The Morgan fingerprint density at radius 2 is 1.97 bits per heavy atom. The van der Waals surface area contributed by atoms with Crippen LogP contribution >= 0.6 is 0 Å². The summed E-state index contributed by atoms with van der Waals surface area (Å²) in [7, 11) is 1.82. The third kappa shape index (κ3) is 7.64. The Morgan fingerprint density at radius 1 is 1.29 bits per heavy atom. The van der Waals surface area contributed by atoms with Gasteiger partial charge < -0.3 is 15.0 Å². The summed E-state index contributed by atoms with van der Waals surface area (Å²) < 4.78 is 66.1. The summed E-state index contributed by atoms with van der Waals surface area (Å²) in [6, 6.07) is 1.18. The van der Waals surface area contributed by atoms with Crippen molar-refractivity contribution >= 4 is 5.82 Å². The molecule has 2 N–H and O–H groups in total. The Bertz CT molecular complexity index is 853. The Balaban J connectivity index is 0.000000285. The third-order valence-corrected chi connectivity index (χ3v) is 4.74. The standard InChI is InChI=1S/C13H15F3N4O.C7H13F2N/c1-7(2)12-19-9(6-20(12)3)8-4-10(11(17)18-5-8)21-13(14,15)16;1-6-2-3-10(4-6)5-7(8)9/h4-7H,1-3H3,(H2,17,18);6-7H,2-5H2,1H3. The van der Waals surface area contributed by atoms with Gasteiger partial charge in [0.05, 0.1) is 12.2 Å². The Kier molecular flexibility index (Phi) is 8.21. The molecule has 1 unspecified atom stereocenters. The largest absolute Gasteiger partial charge is 0.573 e. The van der Waals surface area contributed by atoms with E-state index in [1.165, 1.54) is 12.3 Å². The first kappa shape index (κ1) is 24.8. The molecule has 174 valence electrons. The minimum Gasteiger partial charge on any atom is -0.402 e. The second-order valence-corrected chi connectivity index (χ2v) is 7.95. The van der Waals surface area contributed by atoms with Crippen molar-refractivity contribution in [3.8, 4) is 17.0 Å². The molecule has 2 aromatic rings. The number of hydrogen-bond acceptors (Lipinski definition) is 5. The lowest BCUT2D eigenvalue weighted by atomic mass is 10.2. The number of hydrogen-bond donors (Lipinski definition) is 1. The van der Waals surface area contributed by atoms with Crippen LogP contribution in [-0.2, 0) is 7.05 Å². The second kappa shape index (κ2) is 10.3. The summed E-state index contributed by atoms with van der Waals surface area (Å²) in [4.78, 5) is 9.95. The van der Waals surface area contributed by atoms with Crippen molar-refractivity contribution < 1.29 is 26.7 Å². The molecule has 0 aliphatic carbocycles. The normalized spacial score (nSPS) is 17.2. The van der Waals surface area contributed by atoms with Gasteiger partial charge in [0.1, 0.15) is 5.82 Å². The number of ether oxygens (including phenoxy) is 1. The van der Waals surface area contributed by atoms with Crippen molar-refractivity contribution in [3.05, 3.63) is 24.3 Å². The highest BCUT2D eigenvalue weighted by Gasteiger charge is 2.32. The molecule has 0 amide bonds. The molecule has 11 heteroatoms. The highest BCUT2D eigenvalue weighted by Crippen LogP contribution is 2.31. The molecule has 1 aliphatic rings. The lowest BCUT2D eigenvalue weighted by molar-refractivity contribution is -0.274. The summed E-state index contributed by atoms with van der Waals surface area (Å²) in [5, 5.41) is 0. The van der Waals surface area contributed by atoms with E-state index < -0.39 is 18.5 Å². The zero-order valence-electron chi connectivity index (χ0n) is 18.0. The fourth-order valence-corrected chi connectivity index (χ4v) is 3.35. The molecule has 0 spiro atoms. The molecular formula is C20H28F5N5O. The van der Waals surface area contributed by atoms with E-state index in [4.69, 9.17) is 5.73 Å². The molecule has 0 aromatic carbocycles. The van der Waals surface area contributed by atoms with E-state index in [9.17, 15) is 22.0 Å². The van der Waals surface area contributed by atoms with E-state index in [1.54, 1.807) is 6.20 Å². The lowest BCUT2D eigenvalue weighted by Crippen LogP contribution is -2.26. The van der Waals surface area contributed by atoms with E-state index >= 15 is 0 Å². The van der Waals surface area contributed by atoms with Crippen molar-refractivity contribution in [1.29, 1.82) is 0 Å². The molecule has 3 heterocycles. The van der Waals surface area contributed by atoms with Crippen LogP contribution in [0.3, 0.4) is 0 Å². The molecular weight excluding hydrogens is 421 g/mol. The van der Waals surface area contributed by atoms with Crippen LogP contribution in [-0.4, -0.2) is 51.9 Å². The summed E-state index contributed by atoms with van der Waals surface area (Å²) in [6.07, 6.45) is -2.82. The molecule has 0 bridgehead atoms. The van der Waals surface area contributed by atoms with Gasteiger partial charge in [-0.2, -0.15) is 0 Å². The average molecular weight is 449 g/mol. The SMILES string of the molecule is CC(C)c1nc(-c2cnc(N)c(OC(F)(F)F)c2)cn1C.CC1CCN(CC(F)F)C1. The predicted octanol–water partition coefficient (Wildman–Crippen LogP) is 4.68. The van der Waals surface area contributed by atoms with E-state index in [1.807, 2.05) is 30.4 Å². The average Bonchev–Trinajstić information content (AvgIpc) is 3.21. The Labute approximate surface area is 178 Å². The van der Waals surface area contributed by atoms with Gasteiger partial charge in [0.2, 0.25) is 0 Å². The van der Waals surface area contributed by atoms with Crippen molar-refractivity contribution in [2.75, 3.05) is 25.4 Å². The number of rotatable bonds is 5. The zero-order chi connectivity index (χ0) is 23.3. The molecule has 2 aromatic heterocycles. The van der Waals surface area contributed by atoms with Gasteiger partial charge in [-0.1, -0.05) is 20.8 Å². The van der Waals surface area contributed by atoms with Crippen molar-refractivity contribution in [3.63, 3.8) is 0 Å². The zero-order valence-corrected chi connectivity index (χ0v) is 18.0. The first-order chi connectivity index (χ1) is 14.4.